The molecule has 6 nitrogen and oxygen atoms in total. The summed E-state index contributed by atoms with van der Waals surface area (Å²) in [4.78, 5) is 14.9. The van der Waals surface area contributed by atoms with E-state index >= 15 is 0 Å². The van der Waals surface area contributed by atoms with Gasteiger partial charge >= 0.3 is 6.18 Å². The van der Waals surface area contributed by atoms with Gasteiger partial charge in [-0.1, -0.05) is 0 Å². The average molecular weight is 339 g/mol. The number of methoxy groups -OCH3 is 1. The van der Waals surface area contributed by atoms with E-state index in [1.54, 1.807) is 24.3 Å². The third-order valence-corrected chi connectivity index (χ3v) is 3.62. The van der Waals surface area contributed by atoms with Crippen LogP contribution in [-0.2, 0) is 13.2 Å². The fraction of sp³-hybridized carbons (Fsp3) is 0.200. The van der Waals surface area contributed by atoms with Crippen molar-refractivity contribution in [3.05, 3.63) is 40.2 Å². The van der Waals surface area contributed by atoms with Crippen LogP contribution in [0.2, 0.25) is 0 Å². The normalized spacial score (nSPS) is 11.9. The number of ether oxygens (including phenoxy) is 1. The first-order chi connectivity index (χ1) is 11.2. The summed E-state index contributed by atoms with van der Waals surface area (Å²) >= 11 is 0. The van der Waals surface area contributed by atoms with Crippen molar-refractivity contribution in [3.8, 4) is 22.8 Å². The van der Waals surface area contributed by atoms with Crippen molar-refractivity contribution < 1.29 is 23.0 Å². The van der Waals surface area contributed by atoms with Crippen LogP contribution in [0, 0.1) is 0 Å². The van der Waals surface area contributed by atoms with Crippen molar-refractivity contribution in [1.82, 2.24) is 14.8 Å². The molecule has 0 aliphatic carbocycles. The molecule has 9 heteroatoms. The van der Waals surface area contributed by atoms with Crippen LogP contribution in [0.15, 0.2) is 29.1 Å². The minimum atomic E-state index is -4.80. The van der Waals surface area contributed by atoms with Gasteiger partial charge in [0.25, 0.3) is 0 Å². The molecule has 0 fully saturated rings. The number of benzene rings is 1. The number of nitrogens with zero attached hydrogens (tertiary/aromatic N) is 2. The van der Waals surface area contributed by atoms with Crippen LogP contribution < -0.4 is 10.2 Å². The van der Waals surface area contributed by atoms with Crippen molar-refractivity contribution in [3.63, 3.8) is 0 Å². The van der Waals surface area contributed by atoms with E-state index in [9.17, 15) is 23.1 Å². The zero-order valence-corrected chi connectivity index (χ0v) is 12.6. The molecule has 1 aromatic carbocycles. The maximum atomic E-state index is 13.0. The molecular formula is C15H12F3N3O3. The molecule has 3 aromatic rings. The number of fused-ring (bicyclic) bond motifs is 1. The lowest BCUT2D eigenvalue weighted by molar-refractivity contribution is -0.140. The zero-order valence-electron chi connectivity index (χ0n) is 12.6. The predicted molar refractivity (Wildman–Crippen MR) is 80.0 cm³/mol. The van der Waals surface area contributed by atoms with Crippen LogP contribution in [0.4, 0.5) is 13.2 Å². The molecular weight excluding hydrogens is 327 g/mol. The van der Waals surface area contributed by atoms with Gasteiger partial charge < -0.3 is 14.8 Å². The summed E-state index contributed by atoms with van der Waals surface area (Å²) in [5, 5.41) is 12.8. The second-order valence-electron chi connectivity index (χ2n) is 5.10. The summed E-state index contributed by atoms with van der Waals surface area (Å²) in [5.74, 6) is -0.243. The molecule has 3 rings (SSSR count). The highest BCUT2D eigenvalue weighted by atomic mass is 19.4. The summed E-state index contributed by atoms with van der Waals surface area (Å²) in [6, 6.07) is 6.33. The van der Waals surface area contributed by atoms with Crippen LogP contribution in [0.1, 0.15) is 5.69 Å². The molecule has 0 saturated carbocycles. The Kier molecular flexibility index (Phi) is 3.51. The Morgan fingerprint density at radius 1 is 1.25 bits per heavy atom. The zero-order chi connectivity index (χ0) is 17.6. The van der Waals surface area contributed by atoms with Crippen molar-refractivity contribution in [2.45, 2.75) is 6.18 Å². The summed E-state index contributed by atoms with van der Waals surface area (Å²) in [6.07, 6.45) is -4.80. The first-order valence-corrected chi connectivity index (χ1v) is 6.77. The molecule has 0 atom stereocenters. The van der Waals surface area contributed by atoms with E-state index in [2.05, 4.69) is 10.1 Å². The Balaban J connectivity index is 2.31. The van der Waals surface area contributed by atoms with Crippen LogP contribution >= 0.6 is 0 Å². The molecule has 2 heterocycles. The number of H-pyrrole nitrogens is 1. The second kappa shape index (κ2) is 5.29. The highest BCUT2D eigenvalue weighted by Crippen LogP contribution is 2.34. The van der Waals surface area contributed by atoms with Gasteiger partial charge in [0, 0.05) is 12.6 Å². The van der Waals surface area contributed by atoms with Crippen molar-refractivity contribution in [2.75, 3.05) is 7.11 Å². The molecule has 0 saturated heterocycles. The highest BCUT2D eigenvalue weighted by molar-refractivity contribution is 5.85. The number of hydrogen-bond acceptors (Lipinski definition) is 4. The van der Waals surface area contributed by atoms with Crippen molar-refractivity contribution in [2.24, 2.45) is 7.05 Å². The van der Waals surface area contributed by atoms with Gasteiger partial charge in [-0.25, -0.2) is 0 Å². The van der Waals surface area contributed by atoms with E-state index in [0.717, 1.165) is 4.68 Å². The van der Waals surface area contributed by atoms with E-state index in [0.29, 0.717) is 11.3 Å². The fourth-order valence-electron chi connectivity index (χ4n) is 2.46. The Hall–Kier alpha value is -2.97. The fourth-order valence-corrected chi connectivity index (χ4v) is 2.46. The molecule has 0 radical (unpaired) electrons. The number of pyridine rings is 1. The molecule has 0 bridgehead atoms. The van der Waals surface area contributed by atoms with Crippen LogP contribution in [0.3, 0.4) is 0 Å². The quantitative estimate of drug-likeness (QED) is 0.752. The summed E-state index contributed by atoms with van der Waals surface area (Å²) < 4.78 is 45.0. The number of hydrogen-bond donors (Lipinski definition) is 2. The third-order valence-electron chi connectivity index (χ3n) is 3.62. The molecule has 0 spiro atoms. The van der Waals surface area contributed by atoms with Gasteiger partial charge in [-0.15, -0.1) is 0 Å². The monoisotopic (exact) mass is 339 g/mol. The summed E-state index contributed by atoms with van der Waals surface area (Å²) in [5.41, 5.74) is -2.17. The van der Waals surface area contributed by atoms with E-state index in [1.807, 2.05) is 0 Å². The lowest BCUT2D eigenvalue weighted by Crippen LogP contribution is -2.12. The SMILES string of the molecule is COc1ccc(-c2[nH]c3c(c(C(F)(F)F)nn3C)c(=O)c2O)cc1. The van der Waals surface area contributed by atoms with E-state index in [-0.39, 0.29) is 11.3 Å². The Labute approximate surface area is 133 Å². The largest absolute Gasteiger partial charge is 0.503 e. The number of aromatic hydroxyl groups is 1. The molecule has 0 aliphatic rings. The predicted octanol–water partition coefficient (Wildman–Crippen LogP) is 2.66. The van der Waals surface area contributed by atoms with Crippen LogP contribution in [0.5, 0.6) is 11.5 Å². The molecule has 24 heavy (non-hydrogen) atoms. The van der Waals surface area contributed by atoms with Gasteiger partial charge in [0.05, 0.1) is 12.8 Å². The smallest absolute Gasteiger partial charge is 0.435 e. The first-order valence-electron chi connectivity index (χ1n) is 6.77. The number of halogens is 3. The summed E-state index contributed by atoms with van der Waals surface area (Å²) in [6.45, 7) is 0. The van der Waals surface area contributed by atoms with E-state index < -0.39 is 28.4 Å². The molecule has 0 amide bonds. The van der Waals surface area contributed by atoms with Crippen molar-refractivity contribution in [1.29, 1.82) is 0 Å². The van der Waals surface area contributed by atoms with Gasteiger partial charge in [0.1, 0.15) is 16.8 Å². The molecule has 2 aromatic heterocycles. The highest BCUT2D eigenvalue weighted by Gasteiger charge is 2.38. The summed E-state index contributed by atoms with van der Waals surface area (Å²) in [7, 11) is 2.76. The Morgan fingerprint density at radius 3 is 2.42 bits per heavy atom. The Morgan fingerprint density at radius 2 is 1.88 bits per heavy atom. The number of rotatable bonds is 2. The second-order valence-corrected chi connectivity index (χ2v) is 5.10. The maximum absolute atomic E-state index is 13.0. The molecule has 126 valence electrons. The Bertz CT molecular complexity index is 972. The minimum absolute atomic E-state index is 0.00637. The number of aromatic amines is 1. The topological polar surface area (TPSA) is 80.1 Å². The van der Waals surface area contributed by atoms with Crippen molar-refractivity contribution >= 4 is 11.0 Å². The van der Waals surface area contributed by atoms with Gasteiger partial charge in [0.2, 0.25) is 5.43 Å². The number of alkyl halides is 3. The molecule has 2 N–H and O–H groups in total. The lowest BCUT2D eigenvalue weighted by Gasteiger charge is -2.08. The number of aryl methyl sites for hydroxylation is 1. The van der Waals surface area contributed by atoms with E-state index in [4.69, 9.17) is 4.74 Å². The van der Waals surface area contributed by atoms with Gasteiger partial charge in [0.15, 0.2) is 11.4 Å². The number of nitrogens with one attached hydrogen (secondary N) is 1. The number of aromatic nitrogens is 3. The third kappa shape index (κ3) is 2.38. The maximum Gasteiger partial charge on any atom is 0.435 e. The van der Waals surface area contributed by atoms with Gasteiger partial charge in [-0.3, -0.25) is 9.48 Å². The average Bonchev–Trinajstić information content (AvgIpc) is 2.88. The minimum Gasteiger partial charge on any atom is -0.503 e. The van der Waals surface area contributed by atoms with E-state index in [1.165, 1.54) is 14.2 Å². The van der Waals surface area contributed by atoms with Crippen LogP contribution in [-0.4, -0.2) is 27.0 Å². The standard InChI is InChI=1S/C15H12F3N3O3/c1-21-14-9(13(20-21)15(16,17)18)11(22)12(23)10(19-14)7-3-5-8(24-2)6-4-7/h3-6,23H,1-2H3,(H,19,22). The lowest BCUT2D eigenvalue weighted by atomic mass is 10.1. The molecule has 0 unspecified atom stereocenters. The molecule has 0 aliphatic heterocycles. The van der Waals surface area contributed by atoms with Crippen LogP contribution in [0.25, 0.3) is 22.3 Å². The van der Waals surface area contributed by atoms with Gasteiger partial charge in [-0.05, 0) is 24.3 Å². The van der Waals surface area contributed by atoms with Gasteiger partial charge in [-0.2, -0.15) is 18.3 Å². The first kappa shape index (κ1) is 15.9.